The number of methoxy groups -OCH3 is 2. The third-order valence-electron chi connectivity index (χ3n) is 2.41. The molecule has 0 heterocycles. The summed E-state index contributed by atoms with van der Waals surface area (Å²) in [6, 6.07) is 3.15. The standard InChI is InChI=1S/C13H16O5/c1-4-18-13(15)7-9-5-11(16-2)12(17-3)6-10(9)8-14/h5-6,8H,4,7H2,1-3H3. The molecule has 0 radical (unpaired) electrons. The van der Waals surface area contributed by atoms with Gasteiger partial charge in [-0.15, -0.1) is 0 Å². The monoisotopic (exact) mass is 252 g/mol. The Balaban J connectivity index is 3.09. The zero-order valence-electron chi connectivity index (χ0n) is 10.7. The first-order valence-corrected chi connectivity index (χ1v) is 5.51. The summed E-state index contributed by atoms with van der Waals surface area (Å²) in [5.74, 6) is 0.544. The van der Waals surface area contributed by atoms with Crippen LogP contribution in [0, 0.1) is 0 Å². The molecular weight excluding hydrogens is 236 g/mol. The summed E-state index contributed by atoms with van der Waals surface area (Å²) >= 11 is 0. The predicted octanol–water partition coefficient (Wildman–Crippen LogP) is 1.62. The summed E-state index contributed by atoms with van der Waals surface area (Å²) in [7, 11) is 2.98. The van der Waals surface area contributed by atoms with E-state index >= 15 is 0 Å². The number of carbonyl (C=O) groups is 2. The number of ether oxygens (including phenoxy) is 3. The van der Waals surface area contributed by atoms with Crippen LogP contribution in [0.2, 0.25) is 0 Å². The highest BCUT2D eigenvalue weighted by atomic mass is 16.5. The van der Waals surface area contributed by atoms with Gasteiger partial charge in [-0.2, -0.15) is 0 Å². The van der Waals surface area contributed by atoms with Crippen molar-refractivity contribution in [1.82, 2.24) is 0 Å². The third-order valence-corrected chi connectivity index (χ3v) is 2.41. The summed E-state index contributed by atoms with van der Waals surface area (Å²) in [5, 5.41) is 0. The van der Waals surface area contributed by atoms with E-state index in [0.29, 0.717) is 35.5 Å². The van der Waals surface area contributed by atoms with Crippen LogP contribution in [0.4, 0.5) is 0 Å². The van der Waals surface area contributed by atoms with E-state index in [4.69, 9.17) is 14.2 Å². The molecule has 1 rings (SSSR count). The van der Waals surface area contributed by atoms with Crippen molar-refractivity contribution in [2.24, 2.45) is 0 Å². The van der Waals surface area contributed by atoms with Crippen molar-refractivity contribution >= 4 is 12.3 Å². The quantitative estimate of drug-likeness (QED) is 0.568. The third kappa shape index (κ3) is 3.23. The maximum Gasteiger partial charge on any atom is 0.310 e. The van der Waals surface area contributed by atoms with Gasteiger partial charge in [0.15, 0.2) is 11.5 Å². The Morgan fingerprint density at radius 3 is 2.33 bits per heavy atom. The second kappa shape index (κ2) is 6.64. The van der Waals surface area contributed by atoms with E-state index in [1.165, 1.54) is 14.2 Å². The number of esters is 1. The van der Waals surface area contributed by atoms with Crippen LogP contribution in [0.1, 0.15) is 22.8 Å². The maximum absolute atomic E-state index is 11.4. The molecule has 1 aromatic rings. The van der Waals surface area contributed by atoms with E-state index < -0.39 is 0 Å². The summed E-state index contributed by atoms with van der Waals surface area (Å²) < 4.78 is 15.1. The molecule has 0 unspecified atom stereocenters. The van der Waals surface area contributed by atoms with Crippen LogP contribution in [0.3, 0.4) is 0 Å². The molecule has 0 bridgehead atoms. The molecule has 0 aliphatic heterocycles. The molecule has 0 aliphatic rings. The fraction of sp³-hybridized carbons (Fsp3) is 0.385. The van der Waals surface area contributed by atoms with Gasteiger partial charge in [0.1, 0.15) is 6.29 Å². The fourth-order valence-corrected chi connectivity index (χ4v) is 1.57. The van der Waals surface area contributed by atoms with Crippen molar-refractivity contribution in [3.63, 3.8) is 0 Å². The van der Waals surface area contributed by atoms with Crippen molar-refractivity contribution in [3.05, 3.63) is 23.3 Å². The Kier molecular flexibility index (Phi) is 5.17. The van der Waals surface area contributed by atoms with Crippen molar-refractivity contribution in [3.8, 4) is 11.5 Å². The van der Waals surface area contributed by atoms with Gasteiger partial charge in [-0.1, -0.05) is 0 Å². The largest absolute Gasteiger partial charge is 0.493 e. The van der Waals surface area contributed by atoms with E-state index in [-0.39, 0.29) is 12.4 Å². The molecule has 0 atom stereocenters. The molecule has 0 N–H and O–H groups in total. The molecule has 0 fully saturated rings. The fourth-order valence-electron chi connectivity index (χ4n) is 1.57. The maximum atomic E-state index is 11.4. The highest BCUT2D eigenvalue weighted by molar-refractivity contribution is 5.83. The molecule has 0 aromatic heterocycles. The SMILES string of the molecule is CCOC(=O)Cc1cc(OC)c(OC)cc1C=O. The average molecular weight is 252 g/mol. The van der Waals surface area contributed by atoms with Crippen LogP contribution in [0.25, 0.3) is 0 Å². The molecular formula is C13H16O5. The lowest BCUT2D eigenvalue weighted by atomic mass is 10.0. The van der Waals surface area contributed by atoms with Gasteiger partial charge in [0.2, 0.25) is 0 Å². The van der Waals surface area contributed by atoms with Crippen molar-refractivity contribution in [1.29, 1.82) is 0 Å². The van der Waals surface area contributed by atoms with Crippen molar-refractivity contribution in [2.45, 2.75) is 13.3 Å². The van der Waals surface area contributed by atoms with E-state index in [1.54, 1.807) is 19.1 Å². The van der Waals surface area contributed by atoms with E-state index in [9.17, 15) is 9.59 Å². The minimum absolute atomic E-state index is 0.0300. The Bertz CT molecular complexity index is 439. The van der Waals surface area contributed by atoms with Crippen LogP contribution >= 0.6 is 0 Å². The van der Waals surface area contributed by atoms with Gasteiger partial charge in [0.25, 0.3) is 0 Å². The molecule has 0 amide bonds. The Hall–Kier alpha value is -2.04. The molecule has 5 nitrogen and oxygen atoms in total. The topological polar surface area (TPSA) is 61.8 Å². The van der Waals surface area contributed by atoms with E-state index in [1.807, 2.05) is 0 Å². The van der Waals surface area contributed by atoms with Gasteiger partial charge in [0, 0.05) is 5.56 Å². The molecule has 1 aromatic carbocycles. The van der Waals surface area contributed by atoms with Gasteiger partial charge in [-0.3, -0.25) is 9.59 Å². The number of rotatable bonds is 6. The van der Waals surface area contributed by atoms with Gasteiger partial charge >= 0.3 is 5.97 Å². The van der Waals surface area contributed by atoms with E-state index in [0.717, 1.165) is 0 Å². The summed E-state index contributed by atoms with van der Waals surface area (Å²) in [6.45, 7) is 2.04. The minimum Gasteiger partial charge on any atom is -0.493 e. The van der Waals surface area contributed by atoms with Gasteiger partial charge < -0.3 is 14.2 Å². The molecule has 98 valence electrons. The molecule has 5 heteroatoms. The zero-order chi connectivity index (χ0) is 13.5. The normalized spacial score (nSPS) is 9.72. The highest BCUT2D eigenvalue weighted by Gasteiger charge is 2.14. The zero-order valence-corrected chi connectivity index (χ0v) is 10.7. The van der Waals surface area contributed by atoms with Crippen LogP contribution in [0.5, 0.6) is 11.5 Å². The molecule has 18 heavy (non-hydrogen) atoms. The first kappa shape index (κ1) is 14.0. The van der Waals surface area contributed by atoms with Crippen LogP contribution in [0.15, 0.2) is 12.1 Å². The average Bonchev–Trinajstić information content (AvgIpc) is 2.38. The molecule has 0 saturated heterocycles. The summed E-state index contributed by atoms with van der Waals surface area (Å²) in [5.41, 5.74) is 0.946. The van der Waals surface area contributed by atoms with E-state index in [2.05, 4.69) is 0 Å². The predicted molar refractivity (Wildman–Crippen MR) is 65.3 cm³/mol. The Morgan fingerprint density at radius 1 is 1.22 bits per heavy atom. The van der Waals surface area contributed by atoms with Gasteiger partial charge in [0.05, 0.1) is 27.2 Å². The summed E-state index contributed by atoms with van der Waals surface area (Å²) in [6.07, 6.45) is 0.707. The second-order valence-electron chi connectivity index (χ2n) is 3.51. The van der Waals surface area contributed by atoms with Crippen LogP contribution in [-0.2, 0) is 16.0 Å². The lowest BCUT2D eigenvalue weighted by molar-refractivity contribution is -0.142. The molecule has 0 saturated carbocycles. The van der Waals surface area contributed by atoms with Crippen molar-refractivity contribution < 1.29 is 23.8 Å². The minimum atomic E-state index is -0.382. The van der Waals surface area contributed by atoms with Crippen LogP contribution in [-0.4, -0.2) is 33.1 Å². The lowest BCUT2D eigenvalue weighted by Gasteiger charge is -2.11. The van der Waals surface area contributed by atoms with Gasteiger partial charge in [-0.25, -0.2) is 0 Å². The lowest BCUT2D eigenvalue weighted by Crippen LogP contribution is -2.09. The van der Waals surface area contributed by atoms with Crippen molar-refractivity contribution in [2.75, 3.05) is 20.8 Å². The Labute approximate surface area is 106 Å². The summed E-state index contributed by atoms with van der Waals surface area (Å²) in [4.78, 5) is 22.4. The highest BCUT2D eigenvalue weighted by Crippen LogP contribution is 2.30. The number of hydrogen-bond acceptors (Lipinski definition) is 5. The number of carbonyl (C=O) groups excluding carboxylic acids is 2. The molecule has 0 aliphatic carbocycles. The van der Waals surface area contributed by atoms with Crippen LogP contribution < -0.4 is 9.47 Å². The second-order valence-corrected chi connectivity index (χ2v) is 3.51. The van der Waals surface area contributed by atoms with Gasteiger partial charge in [-0.05, 0) is 24.6 Å². The number of hydrogen-bond donors (Lipinski definition) is 0. The smallest absolute Gasteiger partial charge is 0.310 e. The first-order chi connectivity index (χ1) is 8.65. The number of benzene rings is 1. The Morgan fingerprint density at radius 2 is 1.83 bits per heavy atom. The molecule has 0 spiro atoms. The first-order valence-electron chi connectivity index (χ1n) is 5.51. The number of aldehydes is 1.